The number of hydrogen-bond acceptors (Lipinski definition) is 5. The van der Waals surface area contributed by atoms with Gasteiger partial charge < -0.3 is 14.6 Å². The fourth-order valence-corrected chi connectivity index (χ4v) is 4.28. The molecule has 1 fully saturated rings. The van der Waals surface area contributed by atoms with E-state index >= 15 is 0 Å². The van der Waals surface area contributed by atoms with E-state index in [0.717, 1.165) is 6.42 Å². The molecule has 5 nitrogen and oxygen atoms in total. The van der Waals surface area contributed by atoms with Crippen LogP contribution in [0.1, 0.15) is 13.3 Å². The quantitative estimate of drug-likeness (QED) is 0.598. The molecule has 0 amide bonds. The van der Waals surface area contributed by atoms with Crippen LogP contribution in [0.4, 0.5) is 0 Å². The molecule has 3 aliphatic rings. The number of aliphatic hydroxyl groups excluding tert-OH is 1. The van der Waals surface area contributed by atoms with Gasteiger partial charge in [-0.25, -0.2) is 0 Å². The first-order valence-electron chi connectivity index (χ1n) is 6.82. The summed E-state index contributed by atoms with van der Waals surface area (Å²) in [6.07, 6.45) is 6.66. The number of allylic oxidation sites excluding steroid dienone is 2. The van der Waals surface area contributed by atoms with Crippen LogP contribution in [0.15, 0.2) is 24.3 Å². The predicted molar refractivity (Wildman–Crippen MR) is 69.4 cm³/mol. The van der Waals surface area contributed by atoms with E-state index < -0.39 is 29.6 Å². The van der Waals surface area contributed by atoms with Gasteiger partial charge in [-0.3, -0.25) is 9.59 Å². The minimum absolute atomic E-state index is 0.0612. The van der Waals surface area contributed by atoms with Crippen molar-refractivity contribution < 1.29 is 24.2 Å². The first-order valence-corrected chi connectivity index (χ1v) is 6.82. The average Bonchev–Trinajstić information content (AvgIpc) is 3.00. The van der Waals surface area contributed by atoms with Gasteiger partial charge in [0.25, 0.3) is 0 Å². The van der Waals surface area contributed by atoms with E-state index in [1.165, 1.54) is 14.0 Å². The van der Waals surface area contributed by atoms with Crippen LogP contribution in [-0.2, 0) is 19.1 Å². The number of rotatable bonds is 2. The molecule has 3 aliphatic carbocycles. The largest absolute Gasteiger partial charge is 0.468 e. The number of hydrogen-bond donors (Lipinski definition) is 1. The lowest BCUT2D eigenvalue weighted by molar-refractivity contribution is -0.179. The second-order valence-electron chi connectivity index (χ2n) is 5.75. The molecule has 3 rings (SSSR count). The number of aliphatic hydroxyl groups is 1. The standard InChI is InChI=1S/C15H18O5/c1-8(16)20-12-6-5-11(17)13-9-3-4-10(7-9)15(12,13)14(18)19-2/h3-6,9-13,17H,7H2,1-2H3/t9-,10+,11+,12-,13+,15+/m0/s1. The van der Waals surface area contributed by atoms with Crippen molar-refractivity contribution in [2.75, 3.05) is 7.11 Å². The van der Waals surface area contributed by atoms with Gasteiger partial charge >= 0.3 is 11.9 Å². The fourth-order valence-electron chi connectivity index (χ4n) is 4.28. The molecule has 2 bridgehead atoms. The Hall–Kier alpha value is -1.62. The highest BCUT2D eigenvalue weighted by atomic mass is 16.6. The molecule has 20 heavy (non-hydrogen) atoms. The average molecular weight is 278 g/mol. The van der Waals surface area contributed by atoms with Gasteiger partial charge in [0, 0.05) is 12.8 Å². The molecule has 0 heterocycles. The van der Waals surface area contributed by atoms with E-state index in [1.807, 2.05) is 12.2 Å². The highest BCUT2D eigenvalue weighted by molar-refractivity contribution is 5.82. The smallest absolute Gasteiger partial charge is 0.316 e. The van der Waals surface area contributed by atoms with Gasteiger partial charge in [0.2, 0.25) is 0 Å². The van der Waals surface area contributed by atoms with Gasteiger partial charge in [-0.05, 0) is 24.3 Å². The molecule has 0 spiro atoms. The second-order valence-corrected chi connectivity index (χ2v) is 5.75. The van der Waals surface area contributed by atoms with E-state index in [9.17, 15) is 14.7 Å². The third kappa shape index (κ3) is 1.53. The van der Waals surface area contributed by atoms with Crippen molar-refractivity contribution >= 4 is 11.9 Å². The first-order chi connectivity index (χ1) is 9.51. The highest BCUT2D eigenvalue weighted by Crippen LogP contribution is 2.62. The van der Waals surface area contributed by atoms with Gasteiger partial charge in [-0.15, -0.1) is 0 Å². The Labute approximate surface area is 117 Å². The van der Waals surface area contributed by atoms with Crippen molar-refractivity contribution in [2.45, 2.75) is 25.6 Å². The van der Waals surface area contributed by atoms with Gasteiger partial charge in [0.15, 0.2) is 0 Å². The van der Waals surface area contributed by atoms with E-state index in [1.54, 1.807) is 12.2 Å². The summed E-state index contributed by atoms with van der Waals surface area (Å²) in [6, 6.07) is 0. The second kappa shape index (κ2) is 4.45. The molecule has 6 atom stereocenters. The molecule has 1 N–H and O–H groups in total. The SMILES string of the molecule is COC(=O)[C@@]12[C@@H]([C@H](O)C=C[C@@H]1OC(C)=O)[C@H]1C=C[C@@H]2C1. The summed E-state index contributed by atoms with van der Waals surface area (Å²) >= 11 is 0. The van der Waals surface area contributed by atoms with Crippen molar-refractivity contribution in [2.24, 2.45) is 23.2 Å². The molecule has 0 radical (unpaired) electrons. The molecule has 0 unspecified atom stereocenters. The lowest BCUT2D eigenvalue weighted by Crippen LogP contribution is -2.57. The maximum Gasteiger partial charge on any atom is 0.316 e. The fraction of sp³-hybridized carbons (Fsp3) is 0.600. The number of carbonyl (C=O) groups is 2. The lowest BCUT2D eigenvalue weighted by atomic mass is 9.60. The number of fused-ring (bicyclic) bond motifs is 5. The third-order valence-electron chi connectivity index (χ3n) is 4.90. The van der Waals surface area contributed by atoms with Crippen molar-refractivity contribution in [1.82, 2.24) is 0 Å². The summed E-state index contributed by atoms with van der Waals surface area (Å²) in [6.45, 7) is 1.32. The van der Waals surface area contributed by atoms with Crippen molar-refractivity contribution in [3.63, 3.8) is 0 Å². The van der Waals surface area contributed by atoms with Gasteiger partial charge in [0.1, 0.15) is 11.5 Å². The third-order valence-corrected chi connectivity index (χ3v) is 4.90. The zero-order valence-electron chi connectivity index (χ0n) is 11.5. The monoisotopic (exact) mass is 278 g/mol. The van der Waals surface area contributed by atoms with E-state index in [-0.39, 0.29) is 17.8 Å². The molecule has 5 heteroatoms. The van der Waals surface area contributed by atoms with Crippen LogP contribution in [0.25, 0.3) is 0 Å². The minimum Gasteiger partial charge on any atom is -0.468 e. The molecular formula is C15H18O5. The maximum absolute atomic E-state index is 12.5. The summed E-state index contributed by atoms with van der Waals surface area (Å²) < 4.78 is 10.4. The van der Waals surface area contributed by atoms with E-state index in [2.05, 4.69) is 0 Å². The Bertz CT molecular complexity index is 508. The lowest BCUT2D eigenvalue weighted by Gasteiger charge is -2.46. The Morgan fingerprint density at radius 3 is 2.65 bits per heavy atom. The number of methoxy groups -OCH3 is 1. The Morgan fingerprint density at radius 2 is 2.00 bits per heavy atom. The normalized spacial score (nSPS) is 44.2. The molecule has 0 aliphatic heterocycles. The van der Waals surface area contributed by atoms with Crippen LogP contribution in [0, 0.1) is 23.2 Å². The van der Waals surface area contributed by atoms with Gasteiger partial charge in [-0.1, -0.05) is 18.2 Å². The number of carbonyl (C=O) groups excluding carboxylic acids is 2. The number of ether oxygens (including phenoxy) is 2. The summed E-state index contributed by atoms with van der Waals surface area (Å²) in [7, 11) is 1.33. The first kappa shape index (κ1) is 13.4. The topological polar surface area (TPSA) is 72.8 Å². The van der Waals surface area contributed by atoms with E-state index in [4.69, 9.17) is 9.47 Å². The van der Waals surface area contributed by atoms with Crippen LogP contribution < -0.4 is 0 Å². The zero-order valence-corrected chi connectivity index (χ0v) is 11.5. The maximum atomic E-state index is 12.5. The molecule has 0 aromatic heterocycles. The molecular weight excluding hydrogens is 260 g/mol. The van der Waals surface area contributed by atoms with Crippen LogP contribution in [-0.4, -0.2) is 36.4 Å². The molecule has 1 saturated carbocycles. The molecule has 0 saturated heterocycles. The molecule has 108 valence electrons. The summed E-state index contributed by atoms with van der Waals surface area (Å²) in [5.41, 5.74) is -0.992. The Kier molecular flexibility index (Phi) is 2.97. The Balaban J connectivity index is 2.11. The predicted octanol–water partition coefficient (Wildman–Crippen LogP) is 0.830. The highest BCUT2D eigenvalue weighted by Gasteiger charge is 2.68. The van der Waals surface area contributed by atoms with Crippen molar-refractivity contribution in [3.8, 4) is 0 Å². The van der Waals surface area contributed by atoms with E-state index in [0.29, 0.717) is 0 Å². The summed E-state index contributed by atoms with van der Waals surface area (Å²) in [5.74, 6) is -1.08. The number of esters is 2. The van der Waals surface area contributed by atoms with Gasteiger partial charge in [0.05, 0.1) is 13.2 Å². The summed E-state index contributed by atoms with van der Waals surface area (Å²) in [4.78, 5) is 23.9. The molecule has 0 aromatic rings. The zero-order chi connectivity index (χ0) is 14.5. The van der Waals surface area contributed by atoms with Crippen LogP contribution >= 0.6 is 0 Å². The van der Waals surface area contributed by atoms with Crippen molar-refractivity contribution in [1.29, 1.82) is 0 Å². The van der Waals surface area contributed by atoms with Gasteiger partial charge in [-0.2, -0.15) is 0 Å². The molecule has 0 aromatic carbocycles. The van der Waals surface area contributed by atoms with Crippen molar-refractivity contribution in [3.05, 3.63) is 24.3 Å². The van der Waals surface area contributed by atoms with Crippen LogP contribution in [0.2, 0.25) is 0 Å². The minimum atomic E-state index is -0.992. The Morgan fingerprint density at radius 1 is 1.25 bits per heavy atom. The summed E-state index contributed by atoms with van der Waals surface area (Å²) in [5, 5.41) is 10.3. The van der Waals surface area contributed by atoms with Crippen LogP contribution in [0.3, 0.4) is 0 Å². The van der Waals surface area contributed by atoms with Crippen LogP contribution in [0.5, 0.6) is 0 Å².